The standard InChI is InChI=1S/C13H24N4O2/c1-3-9-19-13-11(14)12(15-10-16-13)17(2)7-5-4-6-8-18/h10,18H,3-9,14H2,1-2H3. The second-order valence-corrected chi connectivity index (χ2v) is 4.47. The van der Waals surface area contributed by atoms with E-state index in [1.807, 2.05) is 18.9 Å². The Morgan fingerprint density at radius 3 is 2.79 bits per heavy atom. The highest BCUT2D eigenvalue weighted by Crippen LogP contribution is 2.27. The molecule has 3 N–H and O–H groups in total. The van der Waals surface area contributed by atoms with Crippen molar-refractivity contribution in [2.24, 2.45) is 0 Å². The Kier molecular flexibility index (Phi) is 6.95. The fraction of sp³-hybridized carbons (Fsp3) is 0.692. The summed E-state index contributed by atoms with van der Waals surface area (Å²) in [6, 6.07) is 0. The van der Waals surface area contributed by atoms with E-state index >= 15 is 0 Å². The van der Waals surface area contributed by atoms with Gasteiger partial charge in [-0.2, -0.15) is 4.98 Å². The summed E-state index contributed by atoms with van der Waals surface area (Å²) in [5, 5.41) is 8.74. The summed E-state index contributed by atoms with van der Waals surface area (Å²) in [6.45, 7) is 3.72. The van der Waals surface area contributed by atoms with E-state index < -0.39 is 0 Å². The van der Waals surface area contributed by atoms with Gasteiger partial charge in [0.05, 0.1) is 6.61 Å². The van der Waals surface area contributed by atoms with Gasteiger partial charge < -0.3 is 20.5 Å². The van der Waals surface area contributed by atoms with Gasteiger partial charge in [-0.05, 0) is 25.7 Å². The van der Waals surface area contributed by atoms with Crippen molar-refractivity contribution in [1.29, 1.82) is 0 Å². The molecule has 0 unspecified atom stereocenters. The van der Waals surface area contributed by atoms with Gasteiger partial charge in [0.2, 0.25) is 5.88 Å². The van der Waals surface area contributed by atoms with Crippen LogP contribution in [0.4, 0.5) is 11.5 Å². The van der Waals surface area contributed by atoms with Crippen LogP contribution in [0.2, 0.25) is 0 Å². The highest BCUT2D eigenvalue weighted by Gasteiger charge is 2.12. The number of hydrogen-bond donors (Lipinski definition) is 2. The van der Waals surface area contributed by atoms with Gasteiger partial charge in [-0.25, -0.2) is 4.98 Å². The van der Waals surface area contributed by atoms with Crippen LogP contribution in [0.15, 0.2) is 6.33 Å². The molecule has 0 fully saturated rings. The third-order valence-corrected chi connectivity index (χ3v) is 2.78. The number of nitrogens with two attached hydrogens (primary N) is 1. The molecule has 6 heteroatoms. The lowest BCUT2D eigenvalue weighted by atomic mass is 10.2. The topological polar surface area (TPSA) is 84.5 Å². The summed E-state index contributed by atoms with van der Waals surface area (Å²) in [5.74, 6) is 1.15. The summed E-state index contributed by atoms with van der Waals surface area (Å²) in [5.41, 5.74) is 6.51. The van der Waals surface area contributed by atoms with Crippen molar-refractivity contribution in [3.63, 3.8) is 0 Å². The van der Waals surface area contributed by atoms with Crippen LogP contribution in [0.25, 0.3) is 0 Å². The first-order chi connectivity index (χ1) is 9.20. The van der Waals surface area contributed by atoms with Gasteiger partial charge in [0.15, 0.2) is 5.82 Å². The minimum atomic E-state index is 0.244. The lowest BCUT2D eigenvalue weighted by molar-refractivity contribution is 0.283. The Balaban J connectivity index is 2.60. The van der Waals surface area contributed by atoms with Crippen LogP contribution in [0.1, 0.15) is 32.6 Å². The number of anilines is 2. The van der Waals surface area contributed by atoms with Gasteiger partial charge in [-0.3, -0.25) is 0 Å². The Labute approximate surface area is 114 Å². The van der Waals surface area contributed by atoms with E-state index in [1.54, 1.807) is 0 Å². The third kappa shape index (κ3) is 4.90. The van der Waals surface area contributed by atoms with Crippen molar-refractivity contribution in [1.82, 2.24) is 9.97 Å². The Morgan fingerprint density at radius 2 is 2.11 bits per heavy atom. The first kappa shape index (κ1) is 15.5. The number of aromatic nitrogens is 2. The molecule has 0 spiro atoms. The fourth-order valence-corrected chi connectivity index (χ4v) is 1.73. The zero-order valence-corrected chi connectivity index (χ0v) is 11.8. The van der Waals surface area contributed by atoms with Gasteiger partial charge in [0, 0.05) is 20.2 Å². The molecule has 1 aromatic heterocycles. The van der Waals surface area contributed by atoms with E-state index in [4.69, 9.17) is 15.6 Å². The number of nitrogens with zero attached hydrogens (tertiary/aromatic N) is 3. The largest absolute Gasteiger partial charge is 0.476 e. The molecule has 0 saturated carbocycles. The minimum absolute atomic E-state index is 0.244. The molecule has 0 aliphatic carbocycles. The van der Waals surface area contributed by atoms with Crippen molar-refractivity contribution >= 4 is 11.5 Å². The van der Waals surface area contributed by atoms with Crippen LogP contribution in [0.3, 0.4) is 0 Å². The van der Waals surface area contributed by atoms with Crippen molar-refractivity contribution in [3.8, 4) is 5.88 Å². The zero-order chi connectivity index (χ0) is 14.1. The molecule has 0 radical (unpaired) electrons. The van der Waals surface area contributed by atoms with Crippen molar-refractivity contribution < 1.29 is 9.84 Å². The molecular weight excluding hydrogens is 244 g/mol. The maximum Gasteiger partial charge on any atom is 0.242 e. The van der Waals surface area contributed by atoms with E-state index in [0.717, 1.165) is 32.2 Å². The average molecular weight is 268 g/mol. The van der Waals surface area contributed by atoms with Crippen LogP contribution in [0.5, 0.6) is 5.88 Å². The van der Waals surface area contributed by atoms with Crippen molar-refractivity contribution in [3.05, 3.63) is 6.33 Å². The van der Waals surface area contributed by atoms with E-state index in [9.17, 15) is 0 Å². The molecular formula is C13H24N4O2. The maximum atomic E-state index is 8.74. The first-order valence-corrected chi connectivity index (χ1v) is 6.76. The van der Waals surface area contributed by atoms with Gasteiger partial charge in [0.1, 0.15) is 12.0 Å². The molecule has 1 heterocycles. The molecule has 1 aromatic rings. The number of nitrogen functional groups attached to an aromatic ring is 1. The summed E-state index contributed by atoms with van der Waals surface area (Å²) < 4.78 is 5.48. The average Bonchev–Trinajstić information content (AvgIpc) is 2.42. The molecule has 108 valence electrons. The second-order valence-electron chi connectivity index (χ2n) is 4.47. The second kappa shape index (κ2) is 8.53. The van der Waals surface area contributed by atoms with E-state index in [-0.39, 0.29) is 6.61 Å². The Hall–Kier alpha value is -1.56. The van der Waals surface area contributed by atoms with E-state index in [2.05, 4.69) is 9.97 Å². The fourth-order valence-electron chi connectivity index (χ4n) is 1.73. The van der Waals surface area contributed by atoms with Crippen LogP contribution >= 0.6 is 0 Å². The number of rotatable bonds is 9. The van der Waals surface area contributed by atoms with Gasteiger partial charge in [-0.15, -0.1) is 0 Å². The van der Waals surface area contributed by atoms with Crippen LogP contribution in [-0.2, 0) is 0 Å². The van der Waals surface area contributed by atoms with Gasteiger partial charge in [-0.1, -0.05) is 6.92 Å². The highest BCUT2D eigenvalue weighted by molar-refractivity contribution is 5.67. The zero-order valence-electron chi connectivity index (χ0n) is 11.8. The van der Waals surface area contributed by atoms with Crippen molar-refractivity contribution in [2.45, 2.75) is 32.6 Å². The first-order valence-electron chi connectivity index (χ1n) is 6.76. The maximum absolute atomic E-state index is 8.74. The molecule has 0 amide bonds. The van der Waals surface area contributed by atoms with Crippen LogP contribution < -0.4 is 15.4 Å². The molecule has 19 heavy (non-hydrogen) atoms. The SMILES string of the molecule is CCCOc1ncnc(N(C)CCCCCO)c1N. The van der Waals surface area contributed by atoms with E-state index in [1.165, 1.54) is 6.33 Å². The molecule has 0 aromatic carbocycles. The monoisotopic (exact) mass is 268 g/mol. The highest BCUT2D eigenvalue weighted by atomic mass is 16.5. The number of aliphatic hydroxyl groups excluding tert-OH is 1. The Bertz CT molecular complexity index is 374. The van der Waals surface area contributed by atoms with Crippen LogP contribution in [-0.4, -0.2) is 41.9 Å². The minimum Gasteiger partial charge on any atom is -0.476 e. The molecule has 1 rings (SSSR count). The normalized spacial score (nSPS) is 10.5. The summed E-state index contributed by atoms with van der Waals surface area (Å²) in [7, 11) is 1.95. The predicted molar refractivity (Wildman–Crippen MR) is 76.4 cm³/mol. The lowest BCUT2D eigenvalue weighted by Gasteiger charge is -2.20. The number of unbranched alkanes of at least 4 members (excludes halogenated alkanes) is 2. The quantitative estimate of drug-likeness (QED) is 0.659. The van der Waals surface area contributed by atoms with Crippen molar-refractivity contribution in [2.75, 3.05) is 37.4 Å². The number of hydrogen-bond acceptors (Lipinski definition) is 6. The van der Waals surface area contributed by atoms with Crippen LogP contribution in [0, 0.1) is 0 Å². The Morgan fingerprint density at radius 1 is 1.32 bits per heavy atom. The summed E-state index contributed by atoms with van der Waals surface area (Å²) >= 11 is 0. The van der Waals surface area contributed by atoms with E-state index in [0.29, 0.717) is 24.0 Å². The van der Waals surface area contributed by atoms with Gasteiger partial charge >= 0.3 is 0 Å². The molecule has 0 saturated heterocycles. The molecule has 0 atom stereocenters. The van der Waals surface area contributed by atoms with Gasteiger partial charge in [0.25, 0.3) is 0 Å². The summed E-state index contributed by atoms with van der Waals surface area (Å²) in [6.07, 6.45) is 5.20. The molecule has 0 aliphatic rings. The smallest absolute Gasteiger partial charge is 0.242 e. The number of ether oxygens (including phenoxy) is 1. The third-order valence-electron chi connectivity index (χ3n) is 2.78. The molecule has 0 bridgehead atoms. The lowest BCUT2D eigenvalue weighted by Crippen LogP contribution is -2.21. The molecule has 0 aliphatic heterocycles. The summed E-state index contributed by atoms with van der Waals surface area (Å²) in [4.78, 5) is 10.3. The molecule has 6 nitrogen and oxygen atoms in total. The predicted octanol–water partition coefficient (Wildman–Crippen LogP) is 1.45. The number of aliphatic hydroxyl groups is 1.